The average molecular weight is 609 g/mol. The van der Waals surface area contributed by atoms with Gasteiger partial charge in [-0.05, 0) is 79.2 Å². The molecule has 2 N–H and O–H groups in total. The summed E-state index contributed by atoms with van der Waals surface area (Å²) < 4.78 is 38.2. The molecule has 0 saturated heterocycles. The first-order chi connectivity index (χ1) is 18.7. The Bertz CT molecular complexity index is 2190. The van der Waals surface area contributed by atoms with Gasteiger partial charge in [0.1, 0.15) is 25.1 Å². The van der Waals surface area contributed by atoms with Crippen molar-refractivity contribution in [2.24, 2.45) is 0 Å². The van der Waals surface area contributed by atoms with Gasteiger partial charge in [0.15, 0.2) is 0 Å². The van der Waals surface area contributed by atoms with E-state index < -0.39 is 10.1 Å². The normalized spacial score (nSPS) is 11.8. The molecule has 7 aromatic rings. The van der Waals surface area contributed by atoms with Crippen LogP contribution in [0.2, 0.25) is 0 Å². The van der Waals surface area contributed by atoms with Crippen LogP contribution in [0.3, 0.4) is 0 Å². The molecule has 40 heavy (non-hydrogen) atoms. The number of hydrogen-bond donors (Lipinski definition) is 1. The number of aryl methyl sites for hydroxylation is 1. The van der Waals surface area contributed by atoms with Crippen LogP contribution in [0.1, 0.15) is 5.56 Å². The van der Waals surface area contributed by atoms with Gasteiger partial charge in [-0.25, -0.2) is 23.4 Å². The first kappa shape index (κ1) is 27.4. The van der Waals surface area contributed by atoms with E-state index in [2.05, 4.69) is 11.1 Å². The summed E-state index contributed by atoms with van der Waals surface area (Å²) >= 11 is 4.42. The Morgan fingerprint density at radius 3 is 1.73 bits per heavy atom. The second-order valence-electron chi connectivity index (χ2n) is 9.06. The van der Waals surface area contributed by atoms with Crippen molar-refractivity contribution in [1.29, 1.82) is 0 Å². The van der Waals surface area contributed by atoms with Crippen molar-refractivity contribution in [3.8, 4) is 31.7 Å². The zero-order valence-electron chi connectivity index (χ0n) is 21.2. The van der Waals surface area contributed by atoms with E-state index >= 15 is 0 Å². The molecule has 0 aliphatic heterocycles. The van der Waals surface area contributed by atoms with E-state index in [1.165, 1.54) is 11.3 Å². The van der Waals surface area contributed by atoms with Gasteiger partial charge in [-0.1, -0.05) is 6.07 Å². The maximum atomic E-state index is 11.9. The molecule has 0 aliphatic rings. The van der Waals surface area contributed by atoms with Crippen LogP contribution in [-0.2, 0) is 10.1 Å². The number of fused-ring (bicyclic) bond motifs is 3. The smallest absolute Gasteiger partial charge is 0.744 e. The third kappa shape index (κ3) is 4.86. The third-order valence-electron chi connectivity index (χ3n) is 6.39. The van der Waals surface area contributed by atoms with E-state index in [9.17, 15) is 13.0 Å². The number of nitrogen functional groups attached to an aromatic ring is 1. The first-order valence-corrected chi connectivity index (χ1v) is 15.6. The van der Waals surface area contributed by atoms with Gasteiger partial charge >= 0.3 is 29.6 Å². The molecule has 3 aromatic heterocycles. The van der Waals surface area contributed by atoms with Crippen molar-refractivity contribution in [2.75, 3.05) is 5.73 Å². The number of aromatic nitrogens is 3. The second-order valence-corrected chi connectivity index (χ2v) is 13.4. The number of benzene rings is 4. The van der Waals surface area contributed by atoms with Gasteiger partial charge in [0.2, 0.25) is 0 Å². The Labute approximate surface area is 263 Å². The summed E-state index contributed by atoms with van der Waals surface area (Å²) in [4.78, 5) is 14.1. The first-order valence-electron chi connectivity index (χ1n) is 11.8. The molecule has 0 radical (unpaired) electrons. The van der Waals surface area contributed by atoms with E-state index in [1.807, 2.05) is 54.6 Å². The molecule has 0 spiro atoms. The molecule has 3 heterocycles. The summed E-state index contributed by atoms with van der Waals surface area (Å²) in [5.74, 6) is 0. The second kappa shape index (κ2) is 10.3. The molecule has 0 unspecified atom stereocenters. The summed E-state index contributed by atoms with van der Waals surface area (Å²) in [6.07, 6.45) is 0. The van der Waals surface area contributed by atoms with Crippen LogP contribution in [0.25, 0.3) is 62.4 Å². The summed E-state index contributed by atoms with van der Waals surface area (Å²) in [6, 6.07) is 23.1. The van der Waals surface area contributed by atoms with Gasteiger partial charge in [-0.2, -0.15) is 0 Å². The van der Waals surface area contributed by atoms with Gasteiger partial charge in [-0.15, -0.1) is 34.0 Å². The van der Waals surface area contributed by atoms with Crippen LogP contribution in [0.4, 0.5) is 5.69 Å². The molecule has 192 valence electrons. The topological polar surface area (TPSA) is 122 Å². The van der Waals surface area contributed by atoms with Crippen molar-refractivity contribution in [3.63, 3.8) is 0 Å². The molecular weight excluding hydrogens is 592 g/mol. The van der Waals surface area contributed by atoms with Gasteiger partial charge in [0.05, 0.1) is 35.5 Å². The number of nitrogens with zero attached hydrogens (tertiary/aromatic N) is 3. The van der Waals surface area contributed by atoms with E-state index in [4.69, 9.17) is 15.7 Å². The predicted octanol–water partition coefficient (Wildman–Crippen LogP) is 4.32. The van der Waals surface area contributed by atoms with Gasteiger partial charge in [0.25, 0.3) is 0 Å². The van der Waals surface area contributed by atoms with E-state index in [-0.39, 0.29) is 34.5 Å². The standard InChI is InChI=1S/C28H18N4O3S4.Na/c1-14-2-9-21-24(25(14)39(33,34)35)38-28(32-21)17-6-11-20-23(13-17)37-27(31-20)16-5-10-19-22(12-16)36-26(30-19)15-3-7-18(29)8-4-15;/h2-13H,29H2,1H3,(H,33,34,35);/q;+1/p-1. The third-order valence-corrected chi connectivity index (χ3v) is 10.8. The monoisotopic (exact) mass is 608 g/mol. The Hall–Kier alpha value is -2.74. The number of anilines is 1. The van der Waals surface area contributed by atoms with Gasteiger partial charge < -0.3 is 10.3 Å². The Morgan fingerprint density at radius 2 is 1.15 bits per heavy atom. The van der Waals surface area contributed by atoms with Crippen LogP contribution in [-0.4, -0.2) is 27.9 Å². The minimum atomic E-state index is -4.62. The predicted molar refractivity (Wildman–Crippen MR) is 159 cm³/mol. The van der Waals surface area contributed by atoms with Gasteiger partial charge in [0, 0.05) is 22.4 Å². The number of nitrogens with two attached hydrogens (primary N) is 1. The van der Waals surface area contributed by atoms with E-state index in [0.717, 1.165) is 52.8 Å². The molecule has 0 fully saturated rings. The maximum Gasteiger partial charge on any atom is 1.00 e. The molecule has 0 atom stereocenters. The zero-order valence-corrected chi connectivity index (χ0v) is 26.5. The Balaban J connectivity index is 0.00000289. The minimum absolute atomic E-state index is 0. The summed E-state index contributed by atoms with van der Waals surface area (Å²) in [5.41, 5.74) is 12.2. The molecule has 7 rings (SSSR count). The summed E-state index contributed by atoms with van der Waals surface area (Å²) in [5, 5.41) is 2.49. The number of rotatable bonds is 4. The van der Waals surface area contributed by atoms with Crippen LogP contribution in [0.15, 0.2) is 77.7 Å². The molecule has 12 heteroatoms. The van der Waals surface area contributed by atoms with Crippen molar-refractivity contribution < 1.29 is 42.5 Å². The molecule has 0 saturated carbocycles. The van der Waals surface area contributed by atoms with Crippen LogP contribution in [0.5, 0.6) is 0 Å². The molecule has 0 bridgehead atoms. The van der Waals surface area contributed by atoms with Crippen LogP contribution >= 0.6 is 34.0 Å². The fourth-order valence-electron chi connectivity index (χ4n) is 4.49. The molecule has 4 aromatic carbocycles. The summed E-state index contributed by atoms with van der Waals surface area (Å²) in [6.45, 7) is 1.62. The van der Waals surface area contributed by atoms with Gasteiger partial charge in [-0.3, -0.25) is 0 Å². The number of hydrogen-bond acceptors (Lipinski definition) is 10. The summed E-state index contributed by atoms with van der Waals surface area (Å²) in [7, 11) is -4.62. The maximum absolute atomic E-state index is 11.9. The fourth-order valence-corrected chi connectivity index (χ4v) is 8.78. The molecule has 7 nitrogen and oxygen atoms in total. The van der Waals surface area contributed by atoms with E-state index in [0.29, 0.717) is 20.8 Å². The Morgan fingerprint density at radius 1 is 0.675 bits per heavy atom. The molecular formula is C28H17N4NaO3S4. The molecule has 0 aliphatic carbocycles. The largest absolute Gasteiger partial charge is 1.00 e. The minimum Gasteiger partial charge on any atom is -0.744 e. The quantitative estimate of drug-likeness (QED) is 0.180. The average Bonchev–Trinajstić information content (AvgIpc) is 3.63. The Kier molecular flexibility index (Phi) is 7.04. The SMILES string of the molecule is Cc1ccc2nc(-c3ccc4nc(-c5ccc6nc(-c7ccc(N)cc7)sc6c5)sc4c3)sc2c1S(=O)(=O)[O-].[Na+]. The number of thiazole rings is 3. The van der Waals surface area contributed by atoms with Crippen molar-refractivity contribution in [3.05, 3.63) is 78.4 Å². The van der Waals surface area contributed by atoms with Crippen LogP contribution in [0, 0.1) is 6.92 Å². The van der Waals surface area contributed by atoms with Crippen molar-refractivity contribution in [2.45, 2.75) is 11.8 Å². The fraction of sp³-hybridized carbons (Fsp3) is 0.0357. The van der Waals surface area contributed by atoms with Crippen molar-refractivity contribution >= 4 is 80.5 Å². The zero-order chi connectivity index (χ0) is 26.9. The van der Waals surface area contributed by atoms with Crippen LogP contribution < -0.4 is 35.3 Å². The molecule has 0 amide bonds. The van der Waals surface area contributed by atoms with E-state index in [1.54, 1.807) is 41.7 Å². The van der Waals surface area contributed by atoms with Crippen molar-refractivity contribution in [1.82, 2.24) is 15.0 Å².